The summed E-state index contributed by atoms with van der Waals surface area (Å²) in [5.74, 6) is 0.740. The Bertz CT molecular complexity index is 1150. The van der Waals surface area contributed by atoms with Crippen molar-refractivity contribution in [3.8, 4) is 23.3 Å². The summed E-state index contributed by atoms with van der Waals surface area (Å²) in [6, 6.07) is 13.5. The number of benzene rings is 2. The number of nitrogens with one attached hydrogen (secondary N) is 1. The first-order chi connectivity index (χ1) is 15.5. The highest BCUT2D eigenvalue weighted by atomic mass is 32.1. The van der Waals surface area contributed by atoms with Crippen LogP contribution in [0.3, 0.4) is 0 Å². The topological polar surface area (TPSA) is 93.5 Å². The number of aromatic nitrogens is 1. The van der Waals surface area contributed by atoms with Gasteiger partial charge in [-0.1, -0.05) is 29.8 Å². The van der Waals surface area contributed by atoms with Crippen molar-refractivity contribution in [2.75, 3.05) is 26.6 Å². The van der Waals surface area contributed by atoms with Crippen LogP contribution in [0.1, 0.15) is 21.6 Å². The summed E-state index contributed by atoms with van der Waals surface area (Å²) in [4.78, 5) is 17.9. The number of amides is 1. The van der Waals surface area contributed by atoms with Gasteiger partial charge in [0, 0.05) is 17.5 Å². The van der Waals surface area contributed by atoms with Crippen LogP contribution in [0.15, 0.2) is 48.2 Å². The number of nitrogens with zero attached hydrogens (tertiary/aromatic N) is 2. The molecule has 1 N–H and O–H groups in total. The van der Waals surface area contributed by atoms with Gasteiger partial charge in [-0.3, -0.25) is 10.1 Å². The molecule has 2 aromatic carbocycles. The molecule has 0 spiro atoms. The second-order valence-electron chi connectivity index (χ2n) is 6.88. The van der Waals surface area contributed by atoms with E-state index in [4.69, 9.17) is 14.2 Å². The molecule has 7 nitrogen and oxygen atoms in total. The van der Waals surface area contributed by atoms with Crippen molar-refractivity contribution in [3.05, 3.63) is 69.7 Å². The lowest BCUT2D eigenvalue weighted by atomic mass is 10.1. The molecule has 164 valence electrons. The van der Waals surface area contributed by atoms with Crippen LogP contribution < -0.4 is 19.5 Å². The third-order valence-electron chi connectivity index (χ3n) is 4.64. The lowest BCUT2D eigenvalue weighted by Gasteiger charge is -2.13. The summed E-state index contributed by atoms with van der Waals surface area (Å²) in [7, 11) is 4.50. The second-order valence-corrected chi connectivity index (χ2v) is 7.99. The molecule has 0 radical (unpaired) electrons. The van der Waals surface area contributed by atoms with Gasteiger partial charge in [-0.15, -0.1) is 11.3 Å². The minimum atomic E-state index is -0.544. The first-order valence-corrected chi connectivity index (χ1v) is 10.5. The molecule has 0 fully saturated rings. The predicted molar refractivity (Wildman–Crippen MR) is 124 cm³/mol. The predicted octanol–water partition coefficient (Wildman–Crippen LogP) is 4.61. The fourth-order valence-corrected chi connectivity index (χ4v) is 3.86. The van der Waals surface area contributed by atoms with E-state index < -0.39 is 5.91 Å². The molecule has 3 aromatic rings. The van der Waals surface area contributed by atoms with Crippen molar-refractivity contribution in [1.29, 1.82) is 5.26 Å². The van der Waals surface area contributed by atoms with E-state index in [-0.39, 0.29) is 5.57 Å². The summed E-state index contributed by atoms with van der Waals surface area (Å²) in [5, 5.41) is 12.7. The van der Waals surface area contributed by atoms with E-state index >= 15 is 0 Å². The highest BCUT2D eigenvalue weighted by Crippen LogP contribution is 2.38. The highest BCUT2D eigenvalue weighted by molar-refractivity contribution is 7.15. The first kappa shape index (κ1) is 22.8. The van der Waals surface area contributed by atoms with Gasteiger partial charge in [0.2, 0.25) is 5.75 Å². The standard InChI is InChI=1S/C24H23N3O4S/c1-15-5-7-16(8-6-15)10-19-14-26-24(32-19)27-23(28)18(13-25)9-17-11-20(29-2)22(31-4)21(12-17)30-3/h5-9,11-12,14H,10H2,1-4H3,(H,26,27,28). The van der Waals surface area contributed by atoms with E-state index in [0.717, 1.165) is 16.9 Å². The normalized spacial score (nSPS) is 10.9. The zero-order valence-corrected chi connectivity index (χ0v) is 19.1. The van der Waals surface area contributed by atoms with Crippen LogP contribution in [0.4, 0.5) is 5.13 Å². The molecule has 3 rings (SSSR count). The summed E-state index contributed by atoms with van der Waals surface area (Å²) in [6.07, 6.45) is 3.91. The average Bonchev–Trinajstić information content (AvgIpc) is 3.24. The minimum absolute atomic E-state index is 0.0745. The monoisotopic (exact) mass is 449 g/mol. The van der Waals surface area contributed by atoms with Gasteiger partial charge in [0.15, 0.2) is 16.6 Å². The SMILES string of the molecule is COc1cc(C=C(C#N)C(=O)Nc2ncc(Cc3ccc(C)cc3)s2)cc(OC)c1OC. The van der Waals surface area contributed by atoms with E-state index in [2.05, 4.69) is 34.6 Å². The number of hydrogen-bond acceptors (Lipinski definition) is 7. The fraction of sp³-hybridized carbons (Fsp3) is 0.208. The number of carbonyl (C=O) groups is 1. The van der Waals surface area contributed by atoms with Crippen LogP contribution in [0, 0.1) is 18.3 Å². The first-order valence-electron chi connectivity index (χ1n) is 9.70. The molecule has 0 saturated carbocycles. The van der Waals surface area contributed by atoms with Crippen molar-refractivity contribution in [2.45, 2.75) is 13.3 Å². The number of carbonyl (C=O) groups excluding carboxylic acids is 1. The lowest BCUT2D eigenvalue weighted by molar-refractivity contribution is -0.112. The molecule has 32 heavy (non-hydrogen) atoms. The van der Waals surface area contributed by atoms with Crippen LogP contribution in [-0.2, 0) is 11.2 Å². The quantitative estimate of drug-likeness (QED) is 0.399. The van der Waals surface area contributed by atoms with Crippen molar-refractivity contribution in [2.24, 2.45) is 0 Å². The third-order valence-corrected chi connectivity index (χ3v) is 5.55. The van der Waals surface area contributed by atoms with Crippen LogP contribution >= 0.6 is 11.3 Å². The third kappa shape index (κ3) is 5.45. The molecule has 0 aliphatic carbocycles. The number of thiazole rings is 1. The van der Waals surface area contributed by atoms with Crippen molar-refractivity contribution in [3.63, 3.8) is 0 Å². The van der Waals surface area contributed by atoms with Gasteiger partial charge < -0.3 is 14.2 Å². The molecule has 0 aliphatic rings. The Kier molecular flexibility index (Phi) is 7.47. The molecule has 0 aliphatic heterocycles. The van der Waals surface area contributed by atoms with Crippen molar-refractivity contribution >= 4 is 28.5 Å². The molecule has 1 aromatic heterocycles. The molecule has 1 amide bonds. The van der Waals surface area contributed by atoms with Crippen LogP contribution in [0.2, 0.25) is 0 Å². The van der Waals surface area contributed by atoms with Gasteiger partial charge >= 0.3 is 0 Å². The number of rotatable bonds is 8. The molecular weight excluding hydrogens is 426 g/mol. The maximum atomic E-state index is 12.7. The second kappa shape index (κ2) is 10.5. The fourth-order valence-electron chi connectivity index (χ4n) is 3.02. The molecule has 1 heterocycles. The Hall–Kier alpha value is -3.83. The molecule has 0 unspecified atom stereocenters. The van der Waals surface area contributed by atoms with E-state index in [0.29, 0.717) is 27.9 Å². The summed E-state index contributed by atoms with van der Waals surface area (Å²) in [6.45, 7) is 2.04. The van der Waals surface area contributed by atoms with Crippen LogP contribution in [0.25, 0.3) is 6.08 Å². The van der Waals surface area contributed by atoms with Gasteiger partial charge in [-0.2, -0.15) is 5.26 Å². The largest absolute Gasteiger partial charge is 0.493 e. The summed E-state index contributed by atoms with van der Waals surface area (Å²) in [5.41, 5.74) is 2.85. The highest BCUT2D eigenvalue weighted by Gasteiger charge is 2.16. The van der Waals surface area contributed by atoms with Gasteiger partial charge in [0.25, 0.3) is 5.91 Å². The van der Waals surface area contributed by atoms with E-state index in [1.807, 2.05) is 13.0 Å². The summed E-state index contributed by atoms with van der Waals surface area (Å²) < 4.78 is 15.9. The number of nitriles is 1. The average molecular weight is 450 g/mol. The Morgan fingerprint density at radius 2 is 1.78 bits per heavy atom. The van der Waals surface area contributed by atoms with Crippen LogP contribution in [-0.4, -0.2) is 32.2 Å². The number of methoxy groups -OCH3 is 3. The van der Waals surface area contributed by atoms with E-state index in [1.54, 1.807) is 18.3 Å². The Labute approximate surface area is 190 Å². The molecule has 0 bridgehead atoms. The maximum absolute atomic E-state index is 12.7. The number of ether oxygens (including phenoxy) is 3. The molecular formula is C24H23N3O4S. The number of anilines is 1. The Morgan fingerprint density at radius 1 is 1.12 bits per heavy atom. The molecule has 8 heteroatoms. The Morgan fingerprint density at radius 3 is 2.34 bits per heavy atom. The Balaban J connectivity index is 1.77. The van der Waals surface area contributed by atoms with Gasteiger partial charge in [0.1, 0.15) is 11.6 Å². The van der Waals surface area contributed by atoms with Gasteiger partial charge in [-0.25, -0.2) is 4.98 Å². The van der Waals surface area contributed by atoms with E-state index in [9.17, 15) is 10.1 Å². The smallest absolute Gasteiger partial charge is 0.268 e. The van der Waals surface area contributed by atoms with E-state index in [1.165, 1.54) is 44.3 Å². The maximum Gasteiger partial charge on any atom is 0.268 e. The van der Waals surface area contributed by atoms with Crippen molar-refractivity contribution < 1.29 is 19.0 Å². The number of aryl methyl sites for hydroxylation is 1. The van der Waals surface area contributed by atoms with Crippen molar-refractivity contribution in [1.82, 2.24) is 4.98 Å². The minimum Gasteiger partial charge on any atom is -0.493 e. The number of hydrogen-bond donors (Lipinski definition) is 1. The van der Waals surface area contributed by atoms with Gasteiger partial charge in [-0.05, 0) is 36.3 Å². The molecule has 0 saturated heterocycles. The van der Waals surface area contributed by atoms with Crippen LogP contribution in [0.5, 0.6) is 17.2 Å². The zero-order chi connectivity index (χ0) is 23.1. The zero-order valence-electron chi connectivity index (χ0n) is 18.3. The molecule has 0 atom stereocenters. The lowest BCUT2D eigenvalue weighted by Crippen LogP contribution is -2.13. The summed E-state index contributed by atoms with van der Waals surface area (Å²) >= 11 is 1.38. The van der Waals surface area contributed by atoms with Gasteiger partial charge in [0.05, 0.1) is 21.3 Å².